The van der Waals surface area contributed by atoms with Crippen LogP contribution in [-0.2, 0) is 9.53 Å². The molecule has 2 N–H and O–H groups in total. The first-order chi connectivity index (χ1) is 5.34. The number of esters is 1. The van der Waals surface area contributed by atoms with Crippen molar-refractivity contribution in [2.24, 2.45) is 0 Å². The summed E-state index contributed by atoms with van der Waals surface area (Å²) < 4.78 is 4.91. The first-order valence-electron chi connectivity index (χ1n) is 4.34. The quantitative estimate of drug-likeness (QED) is 0.559. The van der Waals surface area contributed by atoms with Gasteiger partial charge in [-0.15, -0.1) is 0 Å². The van der Waals surface area contributed by atoms with Gasteiger partial charge in [0.25, 0.3) is 0 Å². The van der Waals surface area contributed by atoms with E-state index in [1.807, 2.05) is 6.92 Å². The molecule has 1 atom stereocenters. The summed E-state index contributed by atoms with van der Waals surface area (Å²) >= 11 is 0. The molecule has 0 unspecified atom stereocenters. The molecule has 1 saturated heterocycles. The molecule has 3 heteroatoms. The highest BCUT2D eigenvalue weighted by atomic mass is 16.5. The van der Waals surface area contributed by atoms with Gasteiger partial charge in [0.2, 0.25) is 0 Å². The maximum atomic E-state index is 11.1. The molecule has 1 aliphatic heterocycles. The van der Waals surface area contributed by atoms with Crippen LogP contribution in [0.2, 0.25) is 0 Å². The number of hydrogen-bond donors (Lipinski definition) is 1. The maximum Gasteiger partial charge on any atom is 0.364 e. The van der Waals surface area contributed by atoms with Gasteiger partial charge in [0.15, 0.2) is 6.04 Å². The fourth-order valence-corrected chi connectivity index (χ4v) is 1.41. The van der Waals surface area contributed by atoms with Crippen molar-refractivity contribution in [3.05, 3.63) is 0 Å². The molecular formula is C8H16NO2+. The predicted octanol–water partition coefficient (Wildman–Crippen LogP) is -0.335. The lowest BCUT2D eigenvalue weighted by Crippen LogP contribution is -2.93. The SMILES string of the molecule is CCOC(=O)[C@@H]1CCCC[NH2+]1. The van der Waals surface area contributed by atoms with Crippen LogP contribution >= 0.6 is 0 Å². The van der Waals surface area contributed by atoms with Crippen molar-refractivity contribution in [2.45, 2.75) is 32.2 Å². The van der Waals surface area contributed by atoms with E-state index < -0.39 is 0 Å². The van der Waals surface area contributed by atoms with Gasteiger partial charge in [0.05, 0.1) is 13.2 Å². The van der Waals surface area contributed by atoms with Crippen LogP contribution in [0, 0.1) is 0 Å². The molecule has 1 aliphatic rings. The fraction of sp³-hybridized carbons (Fsp3) is 0.875. The average molecular weight is 158 g/mol. The fourth-order valence-electron chi connectivity index (χ4n) is 1.41. The molecule has 1 heterocycles. The summed E-state index contributed by atoms with van der Waals surface area (Å²) in [4.78, 5) is 11.1. The van der Waals surface area contributed by atoms with Crippen molar-refractivity contribution >= 4 is 5.97 Å². The van der Waals surface area contributed by atoms with Gasteiger partial charge >= 0.3 is 5.97 Å². The van der Waals surface area contributed by atoms with Crippen molar-refractivity contribution < 1.29 is 14.8 Å². The lowest BCUT2D eigenvalue weighted by Gasteiger charge is -2.17. The number of carbonyl (C=O) groups is 1. The number of rotatable bonds is 2. The Labute approximate surface area is 67.1 Å². The summed E-state index contributed by atoms with van der Waals surface area (Å²) in [5, 5.41) is 2.08. The minimum absolute atomic E-state index is 0.0350. The van der Waals surface area contributed by atoms with Gasteiger partial charge in [-0.3, -0.25) is 0 Å². The van der Waals surface area contributed by atoms with Crippen LogP contribution in [0.1, 0.15) is 26.2 Å². The van der Waals surface area contributed by atoms with Gasteiger partial charge in [-0.1, -0.05) is 0 Å². The van der Waals surface area contributed by atoms with Crippen LogP contribution in [-0.4, -0.2) is 25.2 Å². The summed E-state index contributed by atoms with van der Waals surface area (Å²) in [6, 6.07) is 0.0868. The normalized spacial score (nSPS) is 24.6. The van der Waals surface area contributed by atoms with E-state index in [2.05, 4.69) is 5.32 Å². The Hall–Kier alpha value is -0.570. The molecule has 64 valence electrons. The molecule has 1 fully saturated rings. The molecule has 3 nitrogen and oxygen atoms in total. The lowest BCUT2D eigenvalue weighted by molar-refractivity contribution is -0.686. The van der Waals surface area contributed by atoms with Crippen LogP contribution in [0.25, 0.3) is 0 Å². The zero-order chi connectivity index (χ0) is 8.10. The van der Waals surface area contributed by atoms with Gasteiger partial charge in [-0.25, -0.2) is 4.79 Å². The van der Waals surface area contributed by atoms with Crippen LogP contribution in [0.3, 0.4) is 0 Å². The Bertz CT molecular complexity index is 130. The van der Waals surface area contributed by atoms with Crippen molar-refractivity contribution in [3.8, 4) is 0 Å². The first kappa shape index (κ1) is 8.53. The third kappa shape index (κ3) is 2.50. The number of nitrogens with two attached hydrogens (primary N) is 1. The Balaban J connectivity index is 2.27. The van der Waals surface area contributed by atoms with E-state index in [-0.39, 0.29) is 12.0 Å². The number of piperidine rings is 1. The Kier molecular flexibility index (Phi) is 3.36. The second-order valence-corrected chi connectivity index (χ2v) is 2.88. The molecular weight excluding hydrogens is 142 g/mol. The molecule has 0 aromatic heterocycles. The van der Waals surface area contributed by atoms with Crippen molar-refractivity contribution in [1.29, 1.82) is 0 Å². The van der Waals surface area contributed by atoms with Crippen LogP contribution in [0.15, 0.2) is 0 Å². The Morgan fingerprint density at radius 3 is 3.00 bits per heavy atom. The van der Waals surface area contributed by atoms with Gasteiger partial charge in [0, 0.05) is 6.42 Å². The highest BCUT2D eigenvalue weighted by molar-refractivity contribution is 5.74. The molecule has 0 saturated carbocycles. The molecule has 0 aromatic carbocycles. The van der Waals surface area contributed by atoms with E-state index in [1.54, 1.807) is 0 Å². The Morgan fingerprint density at radius 1 is 1.64 bits per heavy atom. The maximum absolute atomic E-state index is 11.1. The molecule has 0 spiro atoms. The topological polar surface area (TPSA) is 42.9 Å². The van der Waals surface area contributed by atoms with Crippen LogP contribution in [0.4, 0.5) is 0 Å². The van der Waals surface area contributed by atoms with Crippen molar-refractivity contribution in [3.63, 3.8) is 0 Å². The molecule has 0 bridgehead atoms. The highest BCUT2D eigenvalue weighted by Crippen LogP contribution is 2.02. The number of hydrogen-bond acceptors (Lipinski definition) is 2. The van der Waals surface area contributed by atoms with E-state index in [4.69, 9.17) is 4.74 Å². The van der Waals surface area contributed by atoms with E-state index in [1.165, 1.54) is 12.8 Å². The van der Waals surface area contributed by atoms with E-state index in [0.29, 0.717) is 6.61 Å². The molecule has 0 amide bonds. The second kappa shape index (κ2) is 4.34. The molecule has 11 heavy (non-hydrogen) atoms. The lowest BCUT2D eigenvalue weighted by atomic mass is 10.1. The van der Waals surface area contributed by atoms with Gasteiger partial charge < -0.3 is 10.1 Å². The molecule has 0 aliphatic carbocycles. The zero-order valence-corrected chi connectivity index (χ0v) is 7.01. The highest BCUT2D eigenvalue weighted by Gasteiger charge is 2.24. The van der Waals surface area contributed by atoms with Crippen LogP contribution < -0.4 is 5.32 Å². The monoisotopic (exact) mass is 158 g/mol. The molecule has 0 radical (unpaired) electrons. The summed E-state index contributed by atoms with van der Waals surface area (Å²) in [6.07, 6.45) is 3.38. The smallest absolute Gasteiger partial charge is 0.364 e. The zero-order valence-electron chi connectivity index (χ0n) is 7.01. The number of carbonyl (C=O) groups excluding carboxylic acids is 1. The number of ether oxygens (including phenoxy) is 1. The molecule has 1 rings (SSSR count). The van der Waals surface area contributed by atoms with Gasteiger partial charge in [-0.05, 0) is 19.8 Å². The predicted molar refractivity (Wildman–Crippen MR) is 41.1 cm³/mol. The van der Waals surface area contributed by atoms with E-state index >= 15 is 0 Å². The number of quaternary nitrogens is 1. The summed E-state index contributed by atoms with van der Waals surface area (Å²) in [5.74, 6) is -0.0350. The minimum Gasteiger partial charge on any atom is -0.462 e. The minimum atomic E-state index is -0.0350. The standard InChI is InChI=1S/C8H15NO2/c1-2-11-8(10)7-5-3-4-6-9-7/h7,9H,2-6H2,1H3/p+1/t7-/m0/s1. The van der Waals surface area contributed by atoms with E-state index in [0.717, 1.165) is 13.0 Å². The van der Waals surface area contributed by atoms with Gasteiger partial charge in [-0.2, -0.15) is 0 Å². The largest absolute Gasteiger partial charge is 0.462 e. The Morgan fingerprint density at radius 2 is 2.45 bits per heavy atom. The third-order valence-electron chi connectivity index (χ3n) is 2.01. The average Bonchev–Trinajstić information content (AvgIpc) is 2.07. The summed E-state index contributed by atoms with van der Waals surface area (Å²) in [6.45, 7) is 3.42. The third-order valence-corrected chi connectivity index (χ3v) is 2.01. The summed E-state index contributed by atoms with van der Waals surface area (Å²) in [7, 11) is 0. The first-order valence-corrected chi connectivity index (χ1v) is 4.34. The summed E-state index contributed by atoms with van der Waals surface area (Å²) in [5.41, 5.74) is 0. The van der Waals surface area contributed by atoms with Crippen LogP contribution in [0.5, 0.6) is 0 Å². The van der Waals surface area contributed by atoms with Crippen molar-refractivity contribution in [1.82, 2.24) is 0 Å². The van der Waals surface area contributed by atoms with Gasteiger partial charge in [0.1, 0.15) is 0 Å². The molecule has 0 aromatic rings. The second-order valence-electron chi connectivity index (χ2n) is 2.88. The van der Waals surface area contributed by atoms with E-state index in [9.17, 15) is 4.79 Å². The van der Waals surface area contributed by atoms with Crippen molar-refractivity contribution in [2.75, 3.05) is 13.2 Å².